The van der Waals surface area contributed by atoms with Crippen LogP contribution in [-0.4, -0.2) is 36.1 Å². The lowest BCUT2D eigenvalue weighted by Gasteiger charge is -2.32. The summed E-state index contributed by atoms with van der Waals surface area (Å²) >= 11 is 0. The first kappa shape index (κ1) is 20.7. The van der Waals surface area contributed by atoms with Crippen LogP contribution in [0.2, 0.25) is 0 Å². The Labute approximate surface area is 182 Å². The van der Waals surface area contributed by atoms with Crippen LogP contribution in [-0.2, 0) is 11.3 Å². The molecule has 1 amide bonds. The molecule has 0 aliphatic carbocycles. The average Bonchev–Trinajstić information content (AvgIpc) is 2.84. The number of methoxy groups -OCH3 is 1. The molecule has 3 aromatic rings. The van der Waals surface area contributed by atoms with E-state index >= 15 is 0 Å². The zero-order chi connectivity index (χ0) is 21.5. The molecular weight excluding hydrogens is 392 g/mol. The van der Waals surface area contributed by atoms with Crippen molar-refractivity contribution in [3.8, 4) is 17.4 Å². The van der Waals surface area contributed by atoms with E-state index in [1.807, 2.05) is 54.6 Å². The maximum Gasteiger partial charge on any atom is 0.263 e. The number of hydrogen-bond acceptors (Lipinski definition) is 6. The number of benzene rings is 2. The van der Waals surface area contributed by atoms with Gasteiger partial charge in [-0.1, -0.05) is 30.3 Å². The van der Waals surface area contributed by atoms with Crippen LogP contribution in [0, 0.1) is 5.92 Å². The Morgan fingerprint density at radius 1 is 1.00 bits per heavy atom. The molecule has 7 heteroatoms. The van der Waals surface area contributed by atoms with Crippen LogP contribution in [0.15, 0.2) is 67.0 Å². The van der Waals surface area contributed by atoms with Gasteiger partial charge >= 0.3 is 0 Å². The lowest BCUT2D eigenvalue weighted by molar-refractivity contribution is -0.125. The highest BCUT2D eigenvalue weighted by Gasteiger charge is 2.27. The van der Waals surface area contributed by atoms with Crippen molar-refractivity contribution >= 4 is 11.7 Å². The largest absolute Gasteiger partial charge is 0.497 e. The number of para-hydroxylation sites is 1. The van der Waals surface area contributed by atoms with E-state index < -0.39 is 0 Å². The molecule has 0 bridgehead atoms. The lowest BCUT2D eigenvalue weighted by atomic mass is 9.96. The summed E-state index contributed by atoms with van der Waals surface area (Å²) in [5, 5.41) is 3.05. The fourth-order valence-corrected chi connectivity index (χ4v) is 3.64. The number of carbonyl (C=O) groups is 1. The van der Waals surface area contributed by atoms with Gasteiger partial charge in [0.05, 0.1) is 7.11 Å². The Morgan fingerprint density at radius 2 is 1.71 bits per heavy atom. The van der Waals surface area contributed by atoms with E-state index in [2.05, 4.69) is 20.2 Å². The summed E-state index contributed by atoms with van der Waals surface area (Å²) in [6, 6.07) is 17.3. The highest BCUT2D eigenvalue weighted by molar-refractivity contribution is 5.79. The van der Waals surface area contributed by atoms with Gasteiger partial charge in [0, 0.05) is 37.9 Å². The third kappa shape index (κ3) is 5.31. The zero-order valence-electron chi connectivity index (χ0n) is 17.5. The fourth-order valence-electron chi connectivity index (χ4n) is 3.64. The number of aromatic nitrogens is 2. The first-order valence-electron chi connectivity index (χ1n) is 10.4. The Hall–Kier alpha value is -3.61. The van der Waals surface area contributed by atoms with Crippen molar-refractivity contribution in [1.29, 1.82) is 0 Å². The summed E-state index contributed by atoms with van der Waals surface area (Å²) in [5.74, 6) is 2.80. The van der Waals surface area contributed by atoms with E-state index in [4.69, 9.17) is 9.47 Å². The van der Waals surface area contributed by atoms with Crippen molar-refractivity contribution in [2.75, 3.05) is 25.1 Å². The second kappa shape index (κ2) is 9.93. The van der Waals surface area contributed by atoms with Crippen molar-refractivity contribution in [3.05, 3.63) is 72.6 Å². The van der Waals surface area contributed by atoms with Crippen molar-refractivity contribution < 1.29 is 14.3 Å². The van der Waals surface area contributed by atoms with Crippen molar-refractivity contribution in [1.82, 2.24) is 15.3 Å². The summed E-state index contributed by atoms with van der Waals surface area (Å²) in [4.78, 5) is 23.6. The molecule has 0 atom stereocenters. The lowest BCUT2D eigenvalue weighted by Crippen LogP contribution is -2.40. The fraction of sp³-hybridized carbons (Fsp3) is 0.292. The Morgan fingerprint density at radius 3 is 2.42 bits per heavy atom. The van der Waals surface area contributed by atoms with Crippen molar-refractivity contribution in [3.63, 3.8) is 0 Å². The minimum atomic E-state index is -0.00957. The van der Waals surface area contributed by atoms with Gasteiger partial charge in [-0.15, -0.1) is 0 Å². The predicted molar refractivity (Wildman–Crippen MR) is 118 cm³/mol. The molecule has 0 saturated carbocycles. The molecule has 0 spiro atoms. The molecule has 7 nitrogen and oxygen atoms in total. The number of anilines is 1. The second-order valence-corrected chi connectivity index (χ2v) is 7.43. The van der Waals surface area contributed by atoms with E-state index in [0.29, 0.717) is 18.2 Å². The van der Waals surface area contributed by atoms with Crippen LogP contribution in [0.1, 0.15) is 18.4 Å². The van der Waals surface area contributed by atoms with Gasteiger partial charge in [0.15, 0.2) is 5.82 Å². The topological polar surface area (TPSA) is 76.6 Å². The van der Waals surface area contributed by atoms with Crippen LogP contribution >= 0.6 is 0 Å². The Kier molecular flexibility index (Phi) is 6.62. The molecule has 160 valence electrons. The van der Waals surface area contributed by atoms with Crippen LogP contribution in [0.4, 0.5) is 5.82 Å². The van der Waals surface area contributed by atoms with Crippen LogP contribution in [0.25, 0.3) is 0 Å². The molecule has 1 saturated heterocycles. The standard InChI is InChI=1S/C24H26N4O3/c1-30-20-9-7-18(8-10-20)17-27-23(29)19-11-15-28(16-12-19)22-24(26-14-13-25-22)31-21-5-3-2-4-6-21/h2-10,13-14,19H,11-12,15-17H2,1H3,(H,27,29). The number of hydrogen-bond donors (Lipinski definition) is 1. The SMILES string of the molecule is COc1ccc(CNC(=O)C2CCN(c3nccnc3Oc3ccccc3)CC2)cc1. The maximum absolute atomic E-state index is 12.6. The van der Waals surface area contributed by atoms with E-state index in [1.54, 1.807) is 19.5 Å². The van der Waals surface area contributed by atoms with E-state index in [-0.39, 0.29) is 11.8 Å². The molecule has 1 aliphatic heterocycles. The number of piperidine rings is 1. The predicted octanol–water partition coefficient (Wildman–Crippen LogP) is 3.81. The Bertz CT molecular complexity index is 987. The van der Waals surface area contributed by atoms with Crippen LogP contribution in [0.3, 0.4) is 0 Å². The molecule has 31 heavy (non-hydrogen) atoms. The summed E-state index contributed by atoms with van der Waals surface area (Å²) < 4.78 is 11.1. The Balaban J connectivity index is 1.32. The number of nitrogens with one attached hydrogen (secondary N) is 1. The monoisotopic (exact) mass is 418 g/mol. The molecule has 2 aromatic carbocycles. The highest BCUT2D eigenvalue weighted by atomic mass is 16.5. The summed E-state index contributed by atoms with van der Waals surface area (Å²) in [7, 11) is 1.64. The number of rotatable bonds is 7. The van der Waals surface area contributed by atoms with Crippen molar-refractivity contribution in [2.24, 2.45) is 5.92 Å². The van der Waals surface area contributed by atoms with Gasteiger partial charge in [0.1, 0.15) is 11.5 Å². The van der Waals surface area contributed by atoms with Gasteiger partial charge < -0.3 is 19.7 Å². The molecule has 1 aromatic heterocycles. The average molecular weight is 418 g/mol. The number of amides is 1. The molecule has 0 unspecified atom stereocenters. The molecule has 1 fully saturated rings. The maximum atomic E-state index is 12.6. The van der Waals surface area contributed by atoms with Gasteiger partial charge in [0.2, 0.25) is 5.91 Å². The molecule has 0 radical (unpaired) electrons. The van der Waals surface area contributed by atoms with Gasteiger partial charge in [-0.3, -0.25) is 4.79 Å². The number of nitrogens with zero attached hydrogens (tertiary/aromatic N) is 3. The molecule has 1 aliphatic rings. The third-order valence-corrected chi connectivity index (χ3v) is 5.40. The summed E-state index contributed by atoms with van der Waals surface area (Å²) in [5.41, 5.74) is 1.05. The minimum absolute atomic E-state index is 0.00957. The van der Waals surface area contributed by atoms with Crippen molar-refractivity contribution in [2.45, 2.75) is 19.4 Å². The zero-order valence-corrected chi connectivity index (χ0v) is 17.5. The second-order valence-electron chi connectivity index (χ2n) is 7.43. The van der Waals surface area contributed by atoms with Crippen LogP contribution in [0.5, 0.6) is 17.4 Å². The summed E-state index contributed by atoms with van der Waals surface area (Å²) in [6.07, 6.45) is 4.81. The van der Waals surface area contributed by atoms with E-state index in [1.165, 1.54) is 0 Å². The molecule has 4 rings (SSSR count). The summed E-state index contributed by atoms with van der Waals surface area (Å²) in [6.45, 7) is 1.97. The minimum Gasteiger partial charge on any atom is -0.497 e. The van der Waals surface area contributed by atoms with Gasteiger partial charge in [0.25, 0.3) is 5.88 Å². The first-order chi connectivity index (χ1) is 15.2. The molecular formula is C24H26N4O3. The smallest absolute Gasteiger partial charge is 0.263 e. The molecule has 2 heterocycles. The first-order valence-corrected chi connectivity index (χ1v) is 10.4. The van der Waals surface area contributed by atoms with Gasteiger partial charge in [-0.25, -0.2) is 9.97 Å². The normalized spacial score (nSPS) is 14.2. The molecule has 1 N–H and O–H groups in total. The van der Waals surface area contributed by atoms with Crippen LogP contribution < -0.4 is 19.7 Å². The van der Waals surface area contributed by atoms with E-state index in [0.717, 1.165) is 43.0 Å². The van der Waals surface area contributed by atoms with Gasteiger partial charge in [-0.2, -0.15) is 0 Å². The number of ether oxygens (including phenoxy) is 2. The number of carbonyl (C=O) groups excluding carboxylic acids is 1. The van der Waals surface area contributed by atoms with E-state index in [9.17, 15) is 4.79 Å². The highest BCUT2D eigenvalue weighted by Crippen LogP contribution is 2.30. The quantitative estimate of drug-likeness (QED) is 0.629. The van der Waals surface area contributed by atoms with Gasteiger partial charge in [-0.05, 0) is 42.7 Å². The third-order valence-electron chi connectivity index (χ3n) is 5.40.